The molecule has 1 aliphatic heterocycles. The smallest absolute Gasteiger partial charge is 0.247 e. The van der Waals surface area contributed by atoms with Crippen LogP contribution in [-0.2, 0) is 4.79 Å². The molecule has 1 aromatic heterocycles. The van der Waals surface area contributed by atoms with Gasteiger partial charge in [-0.1, -0.05) is 0 Å². The lowest BCUT2D eigenvalue weighted by Gasteiger charge is -2.44. The predicted octanol–water partition coefficient (Wildman–Crippen LogP) is 1.83. The molecule has 2 atom stereocenters. The number of amides is 1. The van der Waals surface area contributed by atoms with Gasteiger partial charge in [0.1, 0.15) is 23.7 Å². The van der Waals surface area contributed by atoms with Crippen LogP contribution in [0.4, 0.5) is 10.1 Å². The fourth-order valence-electron chi connectivity index (χ4n) is 2.16. The summed E-state index contributed by atoms with van der Waals surface area (Å²) in [7, 11) is 0. The highest BCUT2D eigenvalue weighted by atomic mass is 19.1. The number of carbonyl (C=O) groups is 1. The van der Waals surface area contributed by atoms with E-state index in [9.17, 15) is 9.18 Å². The number of β-lactam (4-membered cyclic amide) rings is 1. The van der Waals surface area contributed by atoms with Crippen LogP contribution < -0.4 is 10.6 Å². The van der Waals surface area contributed by atoms with Crippen LogP contribution in [-0.4, -0.2) is 11.9 Å². The van der Waals surface area contributed by atoms with Gasteiger partial charge in [-0.2, -0.15) is 0 Å². The normalized spacial score (nSPS) is 23.0. The van der Waals surface area contributed by atoms with Crippen LogP contribution in [0.1, 0.15) is 11.8 Å². The van der Waals surface area contributed by atoms with E-state index < -0.39 is 6.04 Å². The molecule has 0 saturated carbocycles. The highest BCUT2D eigenvalue weighted by molar-refractivity contribution is 6.05. The van der Waals surface area contributed by atoms with Crippen molar-refractivity contribution in [2.45, 2.75) is 12.1 Å². The van der Waals surface area contributed by atoms with Gasteiger partial charge in [-0.3, -0.25) is 9.69 Å². The van der Waals surface area contributed by atoms with Crippen LogP contribution in [0, 0.1) is 5.82 Å². The summed E-state index contributed by atoms with van der Waals surface area (Å²) >= 11 is 0. The Labute approximate surface area is 103 Å². The Morgan fingerprint density at radius 2 is 1.94 bits per heavy atom. The summed E-state index contributed by atoms with van der Waals surface area (Å²) in [4.78, 5) is 13.3. The summed E-state index contributed by atoms with van der Waals surface area (Å²) in [5, 5.41) is 0. The third-order valence-electron chi connectivity index (χ3n) is 3.08. The van der Waals surface area contributed by atoms with Crippen LogP contribution >= 0.6 is 0 Å². The number of hydrogen-bond donors (Lipinski definition) is 1. The number of carbonyl (C=O) groups excluding carboxylic acids is 1. The zero-order chi connectivity index (χ0) is 12.7. The standard InChI is InChI=1S/C13H11FN2O2/c14-8-3-5-9(6-4-8)16-12(11(15)13(16)17)10-2-1-7-18-10/h1-7,11-12H,15H2/t11-,12-/m1/s1. The number of hydrogen-bond acceptors (Lipinski definition) is 3. The lowest BCUT2D eigenvalue weighted by atomic mass is 9.92. The average molecular weight is 246 g/mol. The quantitative estimate of drug-likeness (QED) is 0.822. The second-order valence-corrected chi connectivity index (χ2v) is 4.17. The van der Waals surface area contributed by atoms with Gasteiger partial charge in [-0.05, 0) is 36.4 Å². The fourth-order valence-corrected chi connectivity index (χ4v) is 2.16. The summed E-state index contributed by atoms with van der Waals surface area (Å²) in [5.41, 5.74) is 6.41. The van der Waals surface area contributed by atoms with Gasteiger partial charge in [0, 0.05) is 5.69 Å². The van der Waals surface area contributed by atoms with Crippen molar-refractivity contribution in [3.8, 4) is 0 Å². The summed E-state index contributed by atoms with van der Waals surface area (Å²) in [6.07, 6.45) is 1.54. The lowest BCUT2D eigenvalue weighted by Crippen LogP contribution is -2.63. The molecule has 1 aliphatic rings. The fraction of sp³-hybridized carbons (Fsp3) is 0.154. The minimum Gasteiger partial charge on any atom is -0.467 e. The first-order valence-electron chi connectivity index (χ1n) is 5.56. The van der Waals surface area contributed by atoms with Crippen molar-refractivity contribution in [1.82, 2.24) is 0 Å². The molecule has 18 heavy (non-hydrogen) atoms. The van der Waals surface area contributed by atoms with Gasteiger partial charge in [-0.15, -0.1) is 0 Å². The highest BCUT2D eigenvalue weighted by Crippen LogP contribution is 2.38. The molecule has 2 aromatic rings. The van der Waals surface area contributed by atoms with Crippen LogP contribution in [0.5, 0.6) is 0 Å². The zero-order valence-electron chi connectivity index (χ0n) is 9.42. The van der Waals surface area contributed by atoms with Gasteiger partial charge in [0.25, 0.3) is 0 Å². The van der Waals surface area contributed by atoms with Gasteiger partial charge in [0.2, 0.25) is 5.91 Å². The third kappa shape index (κ3) is 1.52. The van der Waals surface area contributed by atoms with E-state index in [2.05, 4.69) is 0 Å². The first kappa shape index (κ1) is 11.0. The van der Waals surface area contributed by atoms with Crippen molar-refractivity contribution in [2.75, 3.05) is 4.90 Å². The van der Waals surface area contributed by atoms with E-state index in [-0.39, 0.29) is 17.8 Å². The zero-order valence-corrected chi connectivity index (χ0v) is 9.42. The lowest BCUT2D eigenvalue weighted by molar-refractivity contribution is -0.126. The van der Waals surface area contributed by atoms with Crippen LogP contribution in [0.15, 0.2) is 47.1 Å². The SMILES string of the molecule is N[C@H]1C(=O)N(c2ccc(F)cc2)[C@@H]1c1ccco1. The molecular formula is C13H11FN2O2. The topological polar surface area (TPSA) is 59.5 Å². The molecule has 0 spiro atoms. The van der Waals surface area contributed by atoms with Gasteiger partial charge in [0.05, 0.1) is 6.26 Å². The van der Waals surface area contributed by atoms with Gasteiger partial charge >= 0.3 is 0 Å². The maximum atomic E-state index is 12.9. The largest absolute Gasteiger partial charge is 0.467 e. The van der Waals surface area contributed by atoms with Crippen molar-refractivity contribution >= 4 is 11.6 Å². The Hall–Kier alpha value is -2.14. The number of halogens is 1. The molecule has 1 saturated heterocycles. The number of anilines is 1. The molecule has 2 heterocycles. The molecule has 1 fully saturated rings. The minimum absolute atomic E-state index is 0.192. The molecule has 3 rings (SSSR count). The molecule has 0 bridgehead atoms. The molecule has 0 unspecified atom stereocenters. The molecule has 5 heteroatoms. The van der Waals surface area contributed by atoms with E-state index in [1.165, 1.54) is 23.3 Å². The molecule has 1 aromatic carbocycles. The Morgan fingerprint density at radius 3 is 2.56 bits per heavy atom. The van der Waals surface area contributed by atoms with Gasteiger partial charge < -0.3 is 10.2 Å². The van der Waals surface area contributed by atoms with E-state index in [4.69, 9.17) is 10.2 Å². The monoisotopic (exact) mass is 246 g/mol. The Morgan fingerprint density at radius 1 is 1.22 bits per heavy atom. The molecule has 92 valence electrons. The molecular weight excluding hydrogens is 235 g/mol. The number of nitrogens with two attached hydrogens (primary N) is 1. The number of rotatable bonds is 2. The van der Waals surface area contributed by atoms with E-state index in [1.807, 2.05) is 0 Å². The minimum atomic E-state index is -0.610. The Kier molecular flexibility index (Phi) is 2.41. The summed E-state index contributed by atoms with van der Waals surface area (Å²) in [5.74, 6) is 0.0972. The Bertz CT molecular complexity index is 565. The van der Waals surface area contributed by atoms with Crippen molar-refractivity contribution in [1.29, 1.82) is 0 Å². The van der Waals surface area contributed by atoms with Crippen molar-refractivity contribution < 1.29 is 13.6 Å². The van der Waals surface area contributed by atoms with E-state index in [0.717, 1.165) is 0 Å². The van der Waals surface area contributed by atoms with Crippen LogP contribution in [0.2, 0.25) is 0 Å². The maximum Gasteiger partial charge on any atom is 0.247 e. The highest BCUT2D eigenvalue weighted by Gasteiger charge is 2.48. The molecule has 0 aliphatic carbocycles. The molecule has 0 radical (unpaired) electrons. The van der Waals surface area contributed by atoms with E-state index >= 15 is 0 Å². The van der Waals surface area contributed by atoms with Crippen molar-refractivity contribution in [3.63, 3.8) is 0 Å². The second-order valence-electron chi connectivity index (χ2n) is 4.17. The summed E-state index contributed by atoms with van der Waals surface area (Å²) in [6.45, 7) is 0. The predicted molar refractivity (Wildman–Crippen MR) is 63.3 cm³/mol. The summed E-state index contributed by atoms with van der Waals surface area (Å²) < 4.78 is 18.2. The van der Waals surface area contributed by atoms with Crippen molar-refractivity contribution in [2.24, 2.45) is 5.73 Å². The number of nitrogens with zero attached hydrogens (tertiary/aromatic N) is 1. The van der Waals surface area contributed by atoms with E-state index in [1.54, 1.807) is 24.3 Å². The third-order valence-corrected chi connectivity index (χ3v) is 3.08. The van der Waals surface area contributed by atoms with Crippen LogP contribution in [0.3, 0.4) is 0 Å². The molecule has 1 amide bonds. The van der Waals surface area contributed by atoms with Crippen LogP contribution in [0.25, 0.3) is 0 Å². The average Bonchev–Trinajstić information content (AvgIpc) is 2.89. The molecule has 4 nitrogen and oxygen atoms in total. The van der Waals surface area contributed by atoms with Crippen molar-refractivity contribution in [3.05, 3.63) is 54.2 Å². The molecule has 2 N–H and O–H groups in total. The first-order chi connectivity index (χ1) is 8.68. The Balaban J connectivity index is 1.95. The van der Waals surface area contributed by atoms with E-state index in [0.29, 0.717) is 11.4 Å². The maximum absolute atomic E-state index is 12.9. The van der Waals surface area contributed by atoms with Gasteiger partial charge in [-0.25, -0.2) is 4.39 Å². The number of furan rings is 1. The van der Waals surface area contributed by atoms with Gasteiger partial charge in [0.15, 0.2) is 0 Å². The number of benzene rings is 1. The second kappa shape index (κ2) is 3.96. The summed E-state index contributed by atoms with van der Waals surface area (Å²) in [6, 6.07) is 8.31. The first-order valence-corrected chi connectivity index (χ1v) is 5.56.